The van der Waals surface area contributed by atoms with E-state index in [4.69, 9.17) is 5.73 Å². The minimum Gasteiger partial charge on any atom is -0.506 e. The van der Waals surface area contributed by atoms with E-state index in [0.29, 0.717) is 5.56 Å². The van der Waals surface area contributed by atoms with Crippen LogP contribution in [0.3, 0.4) is 0 Å². The zero-order chi connectivity index (χ0) is 10.9. The van der Waals surface area contributed by atoms with Crippen molar-refractivity contribution in [1.29, 1.82) is 0 Å². The van der Waals surface area contributed by atoms with E-state index in [-0.39, 0.29) is 29.6 Å². The summed E-state index contributed by atoms with van der Waals surface area (Å²) in [5, 5.41) is 9.59. The molecule has 1 rings (SSSR count). The zero-order valence-electron chi connectivity index (χ0n) is 8.52. The van der Waals surface area contributed by atoms with Gasteiger partial charge in [0.25, 0.3) is 0 Å². The molecular formula is C9H14ClNO3S. The first-order chi connectivity index (χ1) is 6.36. The molecule has 1 aromatic carbocycles. The lowest BCUT2D eigenvalue weighted by molar-refractivity contribution is 0.452. The van der Waals surface area contributed by atoms with Crippen molar-refractivity contribution >= 4 is 22.2 Å². The van der Waals surface area contributed by atoms with Crippen molar-refractivity contribution in [3.63, 3.8) is 0 Å². The molecule has 0 saturated carbocycles. The van der Waals surface area contributed by atoms with Crippen molar-refractivity contribution in [3.8, 4) is 5.75 Å². The smallest absolute Gasteiger partial charge is 0.179 e. The summed E-state index contributed by atoms with van der Waals surface area (Å²) in [6.07, 6.45) is 1.06. The molecule has 0 aliphatic carbocycles. The molecule has 0 amide bonds. The number of benzene rings is 1. The predicted octanol–water partition coefficient (Wildman–Crippen LogP) is 0.985. The fourth-order valence-electron chi connectivity index (χ4n) is 1.26. The van der Waals surface area contributed by atoms with Crippen molar-refractivity contribution in [1.82, 2.24) is 0 Å². The molecule has 3 N–H and O–H groups in total. The van der Waals surface area contributed by atoms with Crippen molar-refractivity contribution in [2.45, 2.75) is 18.4 Å². The normalized spacial score (nSPS) is 10.9. The first-order valence-electron chi connectivity index (χ1n) is 4.09. The van der Waals surface area contributed by atoms with Gasteiger partial charge in [-0.05, 0) is 18.6 Å². The number of phenolic OH excluding ortho intramolecular Hbond substituents is 1. The highest BCUT2D eigenvalue weighted by Gasteiger charge is 2.16. The van der Waals surface area contributed by atoms with Crippen LogP contribution in [0.1, 0.15) is 11.1 Å². The summed E-state index contributed by atoms with van der Waals surface area (Å²) in [7, 11) is -3.39. The molecule has 0 heterocycles. The number of nitrogens with two attached hydrogens (primary N) is 1. The molecule has 4 nitrogen and oxygen atoms in total. The van der Waals surface area contributed by atoms with Gasteiger partial charge in [0.15, 0.2) is 9.84 Å². The number of hydrogen-bond donors (Lipinski definition) is 2. The van der Waals surface area contributed by atoms with Crippen molar-refractivity contribution in [3.05, 3.63) is 23.3 Å². The van der Waals surface area contributed by atoms with Gasteiger partial charge in [-0.2, -0.15) is 0 Å². The van der Waals surface area contributed by atoms with Crippen LogP contribution in [0.15, 0.2) is 17.0 Å². The van der Waals surface area contributed by atoms with E-state index in [1.54, 1.807) is 13.0 Å². The minimum absolute atomic E-state index is 0. The number of aromatic hydroxyl groups is 1. The molecule has 0 unspecified atom stereocenters. The van der Waals surface area contributed by atoms with Crippen LogP contribution in [0, 0.1) is 6.92 Å². The maximum atomic E-state index is 11.3. The Morgan fingerprint density at radius 3 is 2.33 bits per heavy atom. The molecule has 15 heavy (non-hydrogen) atoms. The molecule has 86 valence electrons. The fourth-order valence-corrected chi connectivity index (χ4v) is 2.14. The summed E-state index contributed by atoms with van der Waals surface area (Å²) in [4.78, 5) is -0.0575. The lowest BCUT2D eigenvalue weighted by atomic mass is 10.1. The van der Waals surface area contributed by atoms with Gasteiger partial charge in [-0.3, -0.25) is 0 Å². The van der Waals surface area contributed by atoms with Gasteiger partial charge in [-0.15, -0.1) is 12.4 Å². The van der Waals surface area contributed by atoms with Crippen LogP contribution in [0.25, 0.3) is 0 Å². The minimum atomic E-state index is -3.39. The largest absolute Gasteiger partial charge is 0.506 e. The van der Waals surface area contributed by atoms with Crippen molar-refractivity contribution in [2.24, 2.45) is 5.73 Å². The first-order valence-corrected chi connectivity index (χ1v) is 5.98. The van der Waals surface area contributed by atoms with Crippen LogP contribution in [0.5, 0.6) is 5.75 Å². The third-order valence-electron chi connectivity index (χ3n) is 1.92. The molecule has 0 radical (unpaired) electrons. The van der Waals surface area contributed by atoms with E-state index in [1.165, 1.54) is 6.07 Å². The number of sulfone groups is 1. The molecule has 6 heteroatoms. The van der Waals surface area contributed by atoms with Gasteiger partial charge in [0.2, 0.25) is 0 Å². The lowest BCUT2D eigenvalue weighted by Gasteiger charge is -2.08. The molecule has 1 aromatic rings. The predicted molar refractivity (Wildman–Crippen MR) is 61.1 cm³/mol. The highest BCUT2D eigenvalue weighted by Crippen LogP contribution is 2.27. The third kappa shape index (κ3) is 3.09. The fraction of sp³-hybridized carbons (Fsp3) is 0.333. The number of hydrogen-bond acceptors (Lipinski definition) is 4. The Morgan fingerprint density at radius 2 is 1.93 bits per heavy atom. The summed E-state index contributed by atoms with van der Waals surface area (Å²) in [6, 6.07) is 3.10. The molecule has 0 saturated heterocycles. The van der Waals surface area contributed by atoms with Gasteiger partial charge in [0.1, 0.15) is 10.6 Å². The Labute approximate surface area is 95.4 Å². The van der Waals surface area contributed by atoms with Crippen molar-refractivity contribution < 1.29 is 13.5 Å². The Morgan fingerprint density at radius 1 is 1.40 bits per heavy atom. The topological polar surface area (TPSA) is 80.4 Å². The van der Waals surface area contributed by atoms with Crippen LogP contribution in [0.4, 0.5) is 0 Å². The summed E-state index contributed by atoms with van der Waals surface area (Å²) >= 11 is 0. The number of phenols is 1. The SMILES string of the molecule is Cc1cc(CN)c(O)c(S(C)(=O)=O)c1.Cl. The molecule has 0 aliphatic rings. The van der Waals surface area contributed by atoms with E-state index in [1.807, 2.05) is 0 Å². The van der Waals surface area contributed by atoms with E-state index >= 15 is 0 Å². The Hall–Kier alpha value is -0.780. The van der Waals surface area contributed by atoms with E-state index in [9.17, 15) is 13.5 Å². The average molecular weight is 252 g/mol. The molecule has 0 atom stereocenters. The van der Waals surface area contributed by atoms with E-state index in [2.05, 4.69) is 0 Å². The molecular weight excluding hydrogens is 238 g/mol. The van der Waals surface area contributed by atoms with Crippen LogP contribution >= 0.6 is 12.4 Å². The number of rotatable bonds is 2. The Balaban J connectivity index is 0.00000196. The number of aryl methyl sites for hydroxylation is 1. The third-order valence-corrected chi connectivity index (χ3v) is 3.03. The monoisotopic (exact) mass is 251 g/mol. The van der Waals surface area contributed by atoms with Crippen LogP contribution < -0.4 is 5.73 Å². The summed E-state index contributed by atoms with van der Waals surface area (Å²) in [6.45, 7) is 1.88. The zero-order valence-corrected chi connectivity index (χ0v) is 10.2. The van der Waals surface area contributed by atoms with Crippen LogP contribution in [-0.4, -0.2) is 19.8 Å². The first kappa shape index (κ1) is 14.2. The van der Waals surface area contributed by atoms with Crippen molar-refractivity contribution in [2.75, 3.05) is 6.26 Å². The van der Waals surface area contributed by atoms with Gasteiger partial charge in [0, 0.05) is 18.4 Å². The Kier molecular flexibility index (Phi) is 4.58. The second-order valence-electron chi connectivity index (χ2n) is 3.25. The maximum absolute atomic E-state index is 11.3. The highest BCUT2D eigenvalue weighted by molar-refractivity contribution is 7.90. The molecule has 0 bridgehead atoms. The molecule has 0 aromatic heterocycles. The highest BCUT2D eigenvalue weighted by atomic mass is 35.5. The lowest BCUT2D eigenvalue weighted by Crippen LogP contribution is -2.03. The van der Waals surface area contributed by atoms with E-state index in [0.717, 1.165) is 11.8 Å². The van der Waals surface area contributed by atoms with E-state index < -0.39 is 9.84 Å². The van der Waals surface area contributed by atoms with Gasteiger partial charge in [-0.25, -0.2) is 8.42 Å². The van der Waals surface area contributed by atoms with Gasteiger partial charge in [-0.1, -0.05) is 6.07 Å². The van der Waals surface area contributed by atoms with Crippen LogP contribution in [0.2, 0.25) is 0 Å². The quantitative estimate of drug-likeness (QED) is 0.821. The van der Waals surface area contributed by atoms with Gasteiger partial charge < -0.3 is 10.8 Å². The maximum Gasteiger partial charge on any atom is 0.179 e. The summed E-state index contributed by atoms with van der Waals surface area (Å²) in [5.41, 5.74) is 6.59. The standard InChI is InChI=1S/C9H13NO3S.ClH/c1-6-3-7(5-10)9(11)8(4-6)14(2,12)13;/h3-4,11H,5,10H2,1-2H3;1H. The molecule has 0 fully saturated rings. The summed E-state index contributed by atoms with van der Waals surface area (Å²) < 4.78 is 22.5. The molecule has 0 aliphatic heterocycles. The van der Waals surface area contributed by atoms with Gasteiger partial charge >= 0.3 is 0 Å². The number of halogens is 1. The van der Waals surface area contributed by atoms with Gasteiger partial charge in [0.05, 0.1) is 0 Å². The second kappa shape index (κ2) is 4.83. The second-order valence-corrected chi connectivity index (χ2v) is 5.23. The Bertz CT molecular complexity index is 457. The van der Waals surface area contributed by atoms with Crippen LogP contribution in [-0.2, 0) is 16.4 Å². The molecule has 0 spiro atoms. The summed E-state index contributed by atoms with van der Waals surface area (Å²) in [5.74, 6) is -0.236. The average Bonchev–Trinajstić information content (AvgIpc) is 2.06.